The van der Waals surface area contributed by atoms with Crippen molar-refractivity contribution in [2.75, 3.05) is 39.3 Å². The average molecular weight is 282 g/mol. The van der Waals surface area contributed by atoms with Gasteiger partial charge in [-0.15, -0.1) is 0 Å². The summed E-state index contributed by atoms with van der Waals surface area (Å²) in [6.07, 6.45) is 2.99. The molecule has 0 aromatic carbocycles. The smallest absolute Gasteiger partial charge is 0.237 e. The number of likely N-dealkylation sites (N-methyl/N-ethyl adjacent to an activating group) is 1. The van der Waals surface area contributed by atoms with E-state index in [9.17, 15) is 9.90 Å². The number of hydrogen-bond donors (Lipinski definition) is 1. The van der Waals surface area contributed by atoms with E-state index in [0.717, 1.165) is 44.5 Å². The van der Waals surface area contributed by atoms with Gasteiger partial charge in [0.25, 0.3) is 0 Å². The van der Waals surface area contributed by atoms with Crippen molar-refractivity contribution in [1.29, 1.82) is 0 Å². The lowest BCUT2D eigenvalue weighted by Crippen LogP contribution is -2.47. The molecule has 4 heteroatoms. The van der Waals surface area contributed by atoms with Gasteiger partial charge in [0, 0.05) is 19.7 Å². The third kappa shape index (κ3) is 4.60. The van der Waals surface area contributed by atoms with Crippen LogP contribution in [0, 0.1) is 5.41 Å². The second-order valence-corrected chi connectivity index (χ2v) is 6.15. The molecule has 4 nitrogen and oxygen atoms in total. The maximum atomic E-state index is 12.3. The second-order valence-electron chi connectivity index (χ2n) is 6.15. The minimum absolute atomic E-state index is 0.0850. The molecule has 20 heavy (non-hydrogen) atoms. The molecule has 0 spiro atoms. The Kier molecular flexibility index (Phi) is 6.69. The minimum atomic E-state index is 0.0850. The number of carbonyl (C=O) groups is 1. The van der Waals surface area contributed by atoms with E-state index in [1.54, 1.807) is 0 Å². The molecule has 116 valence electrons. The van der Waals surface area contributed by atoms with Gasteiger partial charge in [-0.1, -0.05) is 19.1 Å². The number of rotatable bonds is 7. The molecule has 1 aliphatic rings. The fraction of sp³-hybridized carbons (Fsp3) is 0.812. The van der Waals surface area contributed by atoms with Crippen LogP contribution >= 0.6 is 0 Å². The molecule has 0 radical (unpaired) electrons. The zero-order valence-electron chi connectivity index (χ0n) is 13.3. The SMILES string of the molecule is C=C(C)CN(CC)C(=O)CN1CCC(CC)(CO)CC1. The van der Waals surface area contributed by atoms with Crippen molar-refractivity contribution in [3.8, 4) is 0 Å². The van der Waals surface area contributed by atoms with Crippen molar-refractivity contribution in [1.82, 2.24) is 9.80 Å². The molecule has 1 N–H and O–H groups in total. The Morgan fingerprint density at radius 2 is 1.95 bits per heavy atom. The Balaban J connectivity index is 2.46. The Hall–Kier alpha value is -0.870. The first kappa shape index (κ1) is 17.2. The van der Waals surface area contributed by atoms with Crippen molar-refractivity contribution in [3.05, 3.63) is 12.2 Å². The zero-order chi connectivity index (χ0) is 15.2. The molecular weight excluding hydrogens is 252 g/mol. The van der Waals surface area contributed by atoms with Gasteiger partial charge in [-0.25, -0.2) is 0 Å². The predicted octanol–water partition coefficient (Wildman–Crippen LogP) is 1.90. The van der Waals surface area contributed by atoms with Crippen molar-refractivity contribution in [2.45, 2.75) is 40.0 Å². The van der Waals surface area contributed by atoms with Crippen molar-refractivity contribution < 1.29 is 9.90 Å². The fourth-order valence-corrected chi connectivity index (χ4v) is 2.80. The highest BCUT2D eigenvalue weighted by Gasteiger charge is 2.33. The van der Waals surface area contributed by atoms with E-state index < -0.39 is 0 Å². The number of carbonyl (C=O) groups excluding carboxylic acids is 1. The van der Waals surface area contributed by atoms with E-state index in [2.05, 4.69) is 18.4 Å². The first-order valence-electron chi connectivity index (χ1n) is 7.71. The van der Waals surface area contributed by atoms with Crippen LogP contribution in [-0.2, 0) is 4.79 Å². The van der Waals surface area contributed by atoms with E-state index in [-0.39, 0.29) is 17.9 Å². The van der Waals surface area contributed by atoms with Crippen molar-refractivity contribution in [3.63, 3.8) is 0 Å². The van der Waals surface area contributed by atoms with E-state index in [4.69, 9.17) is 0 Å². The number of hydrogen-bond acceptors (Lipinski definition) is 3. The lowest BCUT2D eigenvalue weighted by atomic mass is 9.77. The number of aliphatic hydroxyl groups is 1. The summed E-state index contributed by atoms with van der Waals surface area (Å²) >= 11 is 0. The summed E-state index contributed by atoms with van der Waals surface area (Å²) in [6.45, 7) is 13.9. The molecule has 1 saturated heterocycles. The molecular formula is C16H30N2O2. The summed E-state index contributed by atoms with van der Waals surface area (Å²) in [6, 6.07) is 0. The molecule has 0 aliphatic carbocycles. The first-order valence-corrected chi connectivity index (χ1v) is 7.71. The van der Waals surface area contributed by atoms with Gasteiger partial charge in [0.2, 0.25) is 5.91 Å². The lowest BCUT2D eigenvalue weighted by Gasteiger charge is -2.40. The standard InChI is InChI=1S/C16H30N2O2/c1-5-16(13-19)7-9-17(10-8-16)12-15(20)18(6-2)11-14(3)4/h19H,3,5-13H2,1-2,4H3. The lowest BCUT2D eigenvalue weighted by molar-refractivity contribution is -0.132. The Bertz CT molecular complexity index is 327. The first-order chi connectivity index (χ1) is 9.46. The number of amides is 1. The van der Waals surface area contributed by atoms with Gasteiger partial charge in [0.15, 0.2) is 0 Å². The highest BCUT2D eigenvalue weighted by molar-refractivity contribution is 5.78. The van der Waals surface area contributed by atoms with Gasteiger partial charge in [-0.3, -0.25) is 9.69 Å². The van der Waals surface area contributed by atoms with Gasteiger partial charge < -0.3 is 10.0 Å². The van der Waals surface area contributed by atoms with Crippen LogP contribution in [0.3, 0.4) is 0 Å². The predicted molar refractivity (Wildman–Crippen MR) is 82.6 cm³/mol. The third-order valence-electron chi connectivity index (χ3n) is 4.56. The Morgan fingerprint density at radius 1 is 1.35 bits per heavy atom. The third-order valence-corrected chi connectivity index (χ3v) is 4.56. The molecule has 1 aliphatic heterocycles. The van der Waals surface area contributed by atoms with E-state index in [0.29, 0.717) is 13.1 Å². The van der Waals surface area contributed by atoms with Gasteiger partial charge in [-0.05, 0) is 51.6 Å². The highest BCUT2D eigenvalue weighted by atomic mass is 16.3. The maximum Gasteiger partial charge on any atom is 0.237 e. The van der Waals surface area contributed by atoms with E-state index in [1.165, 1.54) is 0 Å². The molecule has 1 amide bonds. The molecule has 1 heterocycles. The van der Waals surface area contributed by atoms with E-state index >= 15 is 0 Å². The van der Waals surface area contributed by atoms with Gasteiger partial charge in [0.05, 0.1) is 6.54 Å². The summed E-state index contributed by atoms with van der Waals surface area (Å²) in [4.78, 5) is 16.3. The molecule has 0 bridgehead atoms. The highest BCUT2D eigenvalue weighted by Crippen LogP contribution is 2.34. The van der Waals surface area contributed by atoms with Crippen LogP contribution in [0.1, 0.15) is 40.0 Å². The number of aliphatic hydroxyl groups excluding tert-OH is 1. The normalized spacial score (nSPS) is 18.8. The monoisotopic (exact) mass is 282 g/mol. The average Bonchev–Trinajstić information content (AvgIpc) is 2.45. The summed E-state index contributed by atoms with van der Waals surface area (Å²) in [5, 5.41) is 9.53. The number of nitrogens with zero attached hydrogens (tertiary/aromatic N) is 2. The second kappa shape index (κ2) is 7.79. The maximum absolute atomic E-state index is 12.3. The summed E-state index contributed by atoms with van der Waals surface area (Å²) < 4.78 is 0. The number of likely N-dealkylation sites (tertiary alicyclic amines) is 1. The van der Waals surface area contributed by atoms with Crippen molar-refractivity contribution in [2.24, 2.45) is 5.41 Å². The van der Waals surface area contributed by atoms with Gasteiger partial charge >= 0.3 is 0 Å². The molecule has 0 unspecified atom stereocenters. The van der Waals surface area contributed by atoms with Gasteiger partial charge in [-0.2, -0.15) is 0 Å². The Morgan fingerprint density at radius 3 is 2.35 bits per heavy atom. The zero-order valence-corrected chi connectivity index (χ0v) is 13.3. The molecule has 0 aromatic rings. The fourth-order valence-electron chi connectivity index (χ4n) is 2.80. The summed E-state index contributed by atoms with van der Waals surface area (Å²) in [5.74, 6) is 0.184. The van der Waals surface area contributed by atoms with E-state index in [1.807, 2.05) is 18.7 Å². The van der Waals surface area contributed by atoms with Crippen LogP contribution in [0.4, 0.5) is 0 Å². The van der Waals surface area contributed by atoms with Crippen LogP contribution in [0.5, 0.6) is 0 Å². The van der Waals surface area contributed by atoms with Crippen LogP contribution in [0.2, 0.25) is 0 Å². The molecule has 0 atom stereocenters. The molecule has 0 aromatic heterocycles. The summed E-state index contributed by atoms with van der Waals surface area (Å²) in [5.41, 5.74) is 1.10. The molecule has 1 rings (SSSR count). The topological polar surface area (TPSA) is 43.8 Å². The number of piperidine rings is 1. The summed E-state index contributed by atoms with van der Waals surface area (Å²) in [7, 11) is 0. The van der Waals surface area contributed by atoms with Crippen LogP contribution in [0.25, 0.3) is 0 Å². The van der Waals surface area contributed by atoms with Crippen LogP contribution in [-0.4, -0.2) is 60.1 Å². The van der Waals surface area contributed by atoms with Crippen molar-refractivity contribution >= 4 is 5.91 Å². The minimum Gasteiger partial charge on any atom is -0.396 e. The quantitative estimate of drug-likeness (QED) is 0.725. The Labute approximate surface area is 123 Å². The van der Waals surface area contributed by atoms with Crippen LogP contribution in [0.15, 0.2) is 12.2 Å². The molecule has 1 fully saturated rings. The van der Waals surface area contributed by atoms with Crippen LogP contribution < -0.4 is 0 Å². The molecule has 0 saturated carbocycles. The van der Waals surface area contributed by atoms with Gasteiger partial charge in [0.1, 0.15) is 0 Å². The largest absolute Gasteiger partial charge is 0.396 e.